The van der Waals surface area contributed by atoms with E-state index in [1.807, 2.05) is 20.8 Å². The zero-order chi connectivity index (χ0) is 24.2. The lowest BCUT2D eigenvalue weighted by Crippen LogP contribution is -2.33. The van der Waals surface area contributed by atoms with E-state index in [1.54, 1.807) is 6.92 Å². The molecule has 0 spiro atoms. The highest BCUT2D eigenvalue weighted by Crippen LogP contribution is 2.41. The van der Waals surface area contributed by atoms with Crippen molar-refractivity contribution in [3.8, 4) is 11.6 Å². The van der Waals surface area contributed by atoms with Gasteiger partial charge in [0.25, 0.3) is 0 Å². The molecule has 4 atom stereocenters. The summed E-state index contributed by atoms with van der Waals surface area (Å²) in [7, 11) is 2.97. The molecule has 1 fully saturated rings. The van der Waals surface area contributed by atoms with Crippen molar-refractivity contribution in [3.05, 3.63) is 56.4 Å². The van der Waals surface area contributed by atoms with Crippen molar-refractivity contribution in [2.24, 2.45) is 5.92 Å². The highest BCUT2D eigenvalue weighted by Gasteiger charge is 2.55. The van der Waals surface area contributed by atoms with Crippen LogP contribution in [0.2, 0.25) is 0 Å². The van der Waals surface area contributed by atoms with Crippen LogP contribution in [0.15, 0.2) is 39.7 Å². The summed E-state index contributed by atoms with van der Waals surface area (Å²) in [6.07, 6.45) is 7.40. The number of aromatic nitrogens is 1. The van der Waals surface area contributed by atoms with Crippen LogP contribution in [0.3, 0.4) is 0 Å². The number of nitrogens with one attached hydrogen (secondary N) is 1. The standard InChI is InChI=1S/C26H39NO5/c1-15(10-11-21-19(5)22(28)23(30-8)25(27-21)31-9)12-16(2)13-17(3)14-18(4)24(29)26(7)20(6)32-26/h10,13-14,18,20,24,29H,11-12H2,1-9H3,(H,27,28)/t18-,20+,24-,26+/m1/s1. The first kappa shape index (κ1) is 25.9. The number of aromatic amines is 1. The minimum Gasteiger partial charge on any atom is -0.488 e. The molecule has 2 heterocycles. The predicted molar refractivity (Wildman–Crippen MR) is 129 cm³/mol. The van der Waals surface area contributed by atoms with Gasteiger partial charge in [-0.15, -0.1) is 0 Å². The highest BCUT2D eigenvalue weighted by molar-refractivity contribution is 5.40. The molecule has 0 aliphatic carbocycles. The average Bonchev–Trinajstić information content (AvgIpc) is 3.35. The number of pyridine rings is 1. The van der Waals surface area contributed by atoms with E-state index >= 15 is 0 Å². The predicted octanol–water partition coefficient (Wildman–Crippen LogP) is 4.65. The van der Waals surface area contributed by atoms with Gasteiger partial charge in [-0.2, -0.15) is 0 Å². The molecule has 0 bridgehead atoms. The quantitative estimate of drug-likeness (QED) is 0.311. The minimum atomic E-state index is -0.519. The van der Waals surface area contributed by atoms with Gasteiger partial charge in [-0.1, -0.05) is 41.9 Å². The summed E-state index contributed by atoms with van der Waals surface area (Å²) in [6.45, 7) is 14.0. The van der Waals surface area contributed by atoms with Crippen LogP contribution >= 0.6 is 0 Å². The summed E-state index contributed by atoms with van der Waals surface area (Å²) in [5.74, 6) is 0.555. The smallest absolute Gasteiger partial charge is 0.238 e. The number of allylic oxidation sites excluding steroid dienone is 5. The molecular weight excluding hydrogens is 406 g/mol. The molecule has 1 aliphatic heterocycles. The van der Waals surface area contributed by atoms with Gasteiger partial charge >= 0.3 is 0 Å². The van der Waals surface area contributed by atoms with Crippen LogP contribution in [0, 0.1) is 12.8 Å². The highest BCUT2D eigenvalue weighted by atomic mass is 16.6. The molecule has 0 amide bonds. The van der Waals surface area contributed by atoms with Gasteiger partial charge in [-0.25, -0.2) is 0 Å². The topological polar surface area (TPSA) is 84.1 Å². The summed E-state index contributed by atoms with van der Waals surface area (Å²) < 4.78 is 16.0. The lowest BCUT2D eigenvalue weighted by atomic mass is 9.89. The SMILES string of the molecule is COc1[nH]c(CC=C(C)CC(C)=CC(C)=C[C@@H](C)[C@@H](O)[C@@]2(C)O[C@H]2C)c(C)c(=O)c1OC. The molecule has 2 N–H and O–H groups in total. The number of hydrogen-bond acceptors (Lipinski definition) is 5. The van der Waals surface area contributed by atoms with E-state index in [1.165, 1.54) is 25.4 Å². The van der Waals surface area contributed by atoms with Gasteiger partial charge in [0.1, 0.15) is 5.60 Å². The molecule has 178 valence electrons. The second kappa shape index (κ2) is 10.5. The number of aliphatic hydroxyl groups is 1. The van der Waals surface area contributed by atoms with Gasteiger partial charge in [-0.3, -0.25) is 4.79 Å². The van der Waals surface area contributed by atoms with Crippen LogP contribution in [-0.4, -0.2) is 42.1 Å². The van der Waals surface area contributed by atoms with Crippen molar-refractivity contribution >= 4 is 0 Å². The Bertz CT molecular complexity index is 971. The molecule has 1 aromatic heterocycles. The van der Waals surface area contributed by atoms with Crippen molar-refractivity contribution in [2.45, 2.75) is 79.1 Å². The monoisotopic (exact) mass is 445 g/mol. The zero-order valence-electron chi connectivity index (χ0n) is 21.0. The third-order valence-electron chi connectivity index (χ3n) is 6.36. The lowest BCUT2D eigenvalue weighted by Gasteiger charge is -2.20. The van der Waals surface area contributed by atoms with Crippen LogP contribution < -0.4 is 14.9 Å². The van der Waals surface area contributed by atoms with E-state index in [0.29, 0.717) is 17.9 Å². The molecule has 0 aromatic carbocycles. The summed E-state index contributed by atoms with van der Waals surface area (Å²) in [5.41, 5.74) is 4.43. The summed E-state index contributed by atoms with van der Waals surface area (Å²) in [4.78, 5) is 15.6. The summed E-state index contributed by atoms with van der Waals surface area (Å²) >= 11 is 0. The Morgan fingerprint density at radius 1 is 1.25 bits per heavy atom. The Hall–Kier alpha value is -2.31. The first-order valence-electron chi connectivity index (χ1n) is 11.1. The minimum absolute atomic E-state index is 0.00971. The molecule has 2 rings (SSSR count). The summed E-state index contributed by atoms with van der Waals surface area (Å²) in [6, 6.07) is 0. The third kappa shape index (κ3) is 5.93. The number of epoxide rings is 1. The van der Waals surface area contributed by atoms with Crippen LogP contribution in [0.5, 0.6) is 11.6 Å². The van der Waals surface area contributed by atoms with Gasteiger partial charge in [0, 0.05) is 23.6 Å². The maximum absolute atomic E-state index is 12.5. The first-order valence-corrected chi connectivity index (χ1v) is 11.1. The Balaban J connectivity index is 2.05. The van der Waals surface area contributed by atoms with Gasteiger partial charge in [0.2, 0.25) is 17.1 Å². The van der Waals surface area contributed by atoms with Crippen LogP contribution in [0.1, 0.15) is 59.2 Å². The number of H-pyrrole nitrogens is 1. The maximum Gasteiger partial charge on any atom is 0.238 e. The second-order valence-electron chi connectivity index (χ2n) is 9.20. The van der Waals surface area contributed by atoms with Crippen LogP contribution in [0.4, 0.5) is 0 Å². The lowest BCUT2D eigenvalue weighted by molar-refractivity contribution is 0.0564. The summed E-state index contributed by atoms with van der Waals surface area (Å²) in [5, 5.41) is 10.6. The fourth-order valence-corrected chi connectivity index (χ4v) is 4.19. The van der Waals surface area contributed by atoms with E-state index < -0.39 is 11.7 Å². The van der Waals surface area contributed by atoms with Crippen molar-refractivity contribution in [2.75, 3.05) is 14.2 Å². The van der Waals surface area contributed by atoms with E-state index in [2.05, 4.69) is 44.0 Å². The molecule has 6 nitrogen and oxygen atoms in total. The molecule has 0 unspecified atom stereocenters. The third-order valence-corrected chi connectivity index (χ3v) is 6.36. The molecule has 6 heteroatoms. The van der Waals surface area contributed by atoms with Gasteiger partial charge in [0.15, 0.2) is 0 Å². The van der Waals surface area contributed by atoms with E-state index in [0.717, 1.165) is 17.7 Å². The van der Waals surface area contributed by atoms with E-state index in [4.69, 9.17) is 14.2 Å². The maximum atomic E-state index is 12.5. The number of rotatable bonds is 10. The second-order valence-corrected chi connectivity index (χ2v) is 9.20. The molecular formula is C26H39NO5. The normalized spacial score (nSPS) is 23.7. The number of methoxy groups -OCH3 is 2. The number of aliphatic hydroxyl groups excluding tert-OH is 1. The van der Waals surface area contributed by atoms with Crippen LogP contribution in [0.25, 0.3) is 0 Å². The Morgan fingerprint density at radius 2 is 1.88 bits per heavy atom. The molecule has 0 saturated carbocycles. The van der Waals surface area contributed by atoms with Crippen LogP contribution in [-0.2, 0) is 11.2 Å². The Morgan fingerprint density at radius 3 is 2.41 bits per heavy atom. The molecule has 32 heavy (non-hydrogen) atoms. The molecule has 0 radical (unpaired) electrons. The Labute approximate surface area is 192 Å². The van der Waals surface area contributed by atoms with Gasteiger partial charge < -0.3 is 24.3 Å². The average molecular weight is 446 g/mol. The number of ether oxygens (including phenoxy) is 3. The van der Waals surface area contributed by atoms with E-state index in [-0.39, 0.29) is 23.2 Å². The first-order chi connectivity index (χ1) is 14.9. The van der Waals surface area contributed by atoms with Gasteiger partial charge in [-0.05, 0) is 48.0 Å². The van der Waals surface area contributed by atoms with E-state index in [9.17, 15) is 9.90 Å². The molecule has 1 aromatic rings. The molecule has 1 saturated heterocycles. The van der Waals surface area contributed by atoms with Crippen molar-refractivity contribution in [1.82, 2.24) is 4.98 Å². The fraction of sp³-hybridized carbons (Fsp3) is 0.577. The van der Waals surface area contributed by atoms with Gasteiger partial charge in [0.05, 0.1) is 26.4 Å². The molecule has 1 aliphatic rings. The Kier molecular flexibility index (Phi) is 8.54. The number of hydrogen-bond donors (Lipinski definition) is 2. The fourth-order valence-electron chi connectivity index (χ4n) is 4.19. The van der Waals surface area contributed by atoms with Crippen molar-refractivity contribution in [1.29, 1.82) is 0 Å². The zero-order valence-corrected chi connectivity index (χ0v) is 21.0. The van der Waals surface area contributed by atoms with Crippen molar-refractivity contribution in [3.63, 3.8) is 0 Å². The largest absolute Gasteiger partial charge is 0.488 e. The van der Waals surface area contributed by atoms with Crippen molar-refractivity contribution < 1.29 is 19.3 Å².